The van der Waals surface area contributed by atoms with Crippen molar-refractivity contribution in [2.24, 2.45) is 0 Å². The minimum atomic E-state index is 0.944. The molecule has 0 aliphatic heterocycles. The van der Waals surface area contributed by atoms with E-state index in [1.165, 1.54) is 55.3 Å². The third-order valence-corrected chi connectivity index (χ3v) is 7.16. The lowest BCUT2D eigenvalue weighted by Gasteiger charge is -2.13. The fraction of sp³-hybridized carbons (Fsp3) is 0.0714. The van der Waals surface area contributed by atoms with E-state index in [0.29, 0.717) is 0 Å². The van der Waals surface area contributed by atoms with Crippen LogP contribution in [0.4, 0.5) is 0 Å². The van der Waals surface area contributed by atoms with Crippen LogP contribution in [0.15, 0.2) is 79.3 Å². The first-order valence-corrected chi connectivity index (χ1v) is 10.8. The van der Waals surface area contributed by atoms with Gasteiger partial charge in [0.1, 0.15) is 5.65 Å². The van der Waals surface area contributed by atoms with Gasteiger partial charge in [0.05, 0.1) is 11.0 Å². The second-order valence-corrected chi connectivity index (χ2v) is 8.65. The Bertz CT molecular complexity index is 1740. The summed E-state index contributed by atoms with van der Waals surface area (Å²) < 4.78 is 2.16. The van der Waals surface area contributed by atoms with Gasteiger partial charge in [-0.1, -0.05) is 42.5 Å². The van der Waals surface area contributed by atoms with Crippen molar-refractivity contribution in [1.29, 1.82) is 0 Å². The maximum atomic E-state index is 4.84. The Morgan fingerprint density at radius 1 is 0.677 bits per heavy atom. The molecule has 0 spiro atoms. The van der Waals surface area contributed by atoms with E-state index in [2.05, 4.69) is 59.0 Å². The summed E-state index contributed by atoms with van der Waals surface area (Å²) in [5.41, 5.74) is 14.5. The highest BCUT2D eigenvalue weighted by atomic mass is 15.0. The number of hydrogen-bond acceptors (Lipinski definition) is 2. The Morgan fingerprint density at radius 3 is 2.52 bits per heavy atom. The summed E-state index contributed by atoms with van der Waals surface area (Å²) in [7, 11) is 0. The van der Waals surface area contributed by atoms with Gasteiger partial charge >= 0.3 is 0 Å². The summed E-state index contributed by atoms with van der Waals surface area (Å²) in [6.45, 7) is 0. The number of pyridine rings is 2. The molecule has 0 N–H and O–H groups in total. The molecule has 0 fully saturated rings. The largest absolute Gasteiger partial charge is 0.298 e. The highest BCUT2D eigenvalue weighted by Gasteiger charge is 2.30. The van der Waals surface area contributed by atoms with E-state index in [9.17, 15) is 0 Å². The molecule has 0 atom stereocenters. The molecule has 0 unspecified atom stereocenters. The van der Waals surface area contributed by atoms with Crippen LogP contribution in [-0.4, -0.2) is 14.4 Å². The molecule has 8 rings (SSSR count). The zero-order valence-corrected chi connectivity index (χ0v) is 16.8. The van der Waals surface area contributed by atoms with Crippen LogP contribution in [0.1, 0.15) is 22.3 Å². The quantitative estimate of drug-likeness (QED) is 0.287. The Kier molecular flexibility index (Phi) is 2.74. The summed E-state index contributed by atoms with van der Waals surface area (Å²) >= 11 is 0. The minimum absolute atomic E-state index is 0.944. The maximum absolute atomic E-state index is 4.84. The Hall–Kier alpha value is -3.98. The van der Waals surface area contributed by atoms with Crippen molar-refractivity contribution in [3.8, 4) is 22.3 Å². The molecular weight excluding hydrogens is 378 g/mol. The van der Waals surface area contributed by atoms with Gasteiger partial charge in [0.2, 0.25) is 0 Å². The predicted octanol–water partition coefficient (Wildman–Crippen LogP) is 6.18. The van der Waals surface area contributed by atoms with E-state index >= 15 is 0 Å². The number of hydrogen-bond donors (Lipinski definition) is 0. The van der Waals surface area contributed by atoms with Crippen molar-refractivity contribution < 1.29 is 0 Å². The summed E-state index contributed by atoms with van der Waals surface area (Å²) in [6, 6.07) is 22.3. The Morgan fingerprint density at radius 2 is 1.55 bits per heavy atom. The van der Waals surface area contributed by atoms with Crippen molar-refractivity contribution >= 4 is 27.5 Å². The number of aromatic nitrogens is 3. The van der Waals surface area contributed by atoms with Crippen molar-refractivity contribution in [1.82, 2.24) is 14.4 Å². The van der Waals surface area contributed by atoms with Gasteiger partial charge in [-0.25, -0.2) is 4.98 Å². The van der Waals surface area contributed by atoms with Crippen LogP contribution in [0.25, 0.3) is 49.7 Å². The molecule has 3 nitrogen and oxygen atoms in total. The minimum Gasteiger partial charge on any atom is -0.298 e. The van der Waals surface area contributed by atoms with E-state index < -0.39 is 0 Å². The zero-order valence-electron chi connectivity index (χ0n) is 16.8. The SMILES string of the molecule is c1ccc2c(c1)Cc1ccc3c(c1-2)-c1ccc2c(c1C3)c1ncccc1n1ccnc21. The van der Waals surface area contributed by atoms with E-state index in [1.807, 2.05) is 24.7 Å². The molecule has 2 aliphatic carbocycles. The zero-order chi connectivity index (χ0) is 20.1. The molecule has 0 amide bonds. The molecule has 0 bridgehead atoms. The molecule has 144 valence electrons. The molecule has 3 aromatic carbocycles. The molecule has 3 heteroatoms. The van der Waals surface area contributed by atoms with Crippen LogP contribution in [0.3, 0.4) is 0 Å². The van der Waals surface area contributed by atoms with Gasteiger partial charge in [-0.2, -0.15) is 0 Å². The van der Waals surface area contributed by atoms with Gasteiger partial charge < -0.3 is 0 Å². The van der Waals surface area contributed by atoms with Crippen LogP contribution in [-0.2, 0) is 12.8 Å². The Labute approximate surface area is 178 Å². The summed E-state index contributed by atoms with van der Waals surface area (Å²) in [4.78, 5) is 9.53. The van der Waals surface area contributed by atoms with Crippen molar-refractivity contribution in [2.45, 2.75) is 12.8 Å². The lowest BCUT2D eigenvalue weighted by atomic mass is 9.93. The second kappa shape index (κ2) is 5.38. The molecule has 3 aromatic heterocycles. The highest BCUT2D eigenvalue weighted by Crippen LogP contribution is 2.51. The number of benzene rings is 3. The predicted molar refractivity (Wildman–Crippen MR) is 124 cm³/mol. The van der Waals surface area contributed by atoms with E-state index in [1.54, 1.807) is 0 Å². The van der Waals surface area contributed by atoms with E-state index in [0.717, 1.165) is 29.5 Å². The first kappa shape index (κ1) is 15.8. The number of rotatable bonds is 0. The van der Waals surface area contributed by atoms with Crippen LogP contribution >= 0.6 is 0 Å². The monoisotopic (exact) mass is 395 g/mol. The first-order chi connectivity index (χ1) is 15.4. The average molecular weight is 395 g/mol. The highest BCUT2D eigenvalue weighted by molar-refractivity contribution is 6.15. The fourth-order valence-corrected chi connectivity index (χ4v) is 5.92. The third kappa shape index (κ3) is 1.85. The summed E-state index contributed by atoms with van der Waals surface area (Å²) in [5, 5.41) is 2.43. The fourth-order valence-electron chi connectivity index (χ4n) is 5.92. The molecule has 0 radical (unpaired) electrons. The lowest BCUT2D eigenvalue weighted by Crippen LogP contribution is -1.95. The first-order valence-electron chi connectivity index (χ1n) is 10.8. The van der Waals surface area contributed by atoms with Gasteiger partial charge in [-0.3, -0.25) is 9.38 Å². The standard InChI is InChI=1S/C28H17N3/c1-2-5-19-16(4-1)14-17-7-8-18-15-22-20(25(18)24(17)19)9-10-21-26(22)27-23(6-3-11-29-27)31-13-12-30-28(21)31/h1-13H,14-15H2. The number of fused-ring (bicyclic) bond motifs is 14. The third-order valence-electron chi connectivity index (χ3n) is 7.16. The van der Waals surface area contributed by atoms with Gasteiger partial charge in [-0.15, -0.1) is 0 Å². The van der Waals surface area contributed by atoms with Gasteiger partial charge in [-0.05, 0) is 75.5 Å². The van der Waals surface area contributed by atoms with Crippen LogP contribution < -0.4 is 0 Å². The topological polar surface area (TPSA) is 30.2 Å². The van der Waals surface area contributed by atoms with E-state index in [-0.39, 0.29) is 0 Å². The molecule has 31 heavy (non-hydrogen) atoms. The molecular formula is C28H17N3. The lowest BCUT2D eigenvalue weighted by molar-refractivity contribution is 1.23. The van der Waals surface area contributed by atoms with Crippen molar-refractivity contribution in [2.75, 3.05) is 0 Å². The normalized spacial score (nSPS) is 13.5. The number of imidazole rings is 1. The van der Waals surface area contributed by atoms with E-state index in [4.69, 9.17) is 9.97 Å². The molecule has 2 aliphatic rings. The molecule has 0 saturated heterocycles. The maximum Gasteiger partial charge on any atom is 0.145 e. The van der Waals surface area contributed by atoms with Gasteiger partial charge in [0.25, 0.3) is 0 Å². The number of nitrogens with zero attached hydrogens (tertiary/aromatic N) is 3. The van der Waals surface area contributed by atoms with Crippen LogP contribution in [0, 0.1) is 0 Å². The van der Waals surface area contributed by atoms with Crippen molar-refractivity contribution in [3.05, 3.63) is 102 Å². The van der Waals surface area contributed by atoms with Crippen LogP contribution in [0.5, 0.6) is 0 Å². The van der Waals surface area contributed by atoms with Crippen LogP contribution in [0.2, 0.25) is 0 Å². The van der Waals surface area contributed by atoms with Gasteiger partial charge in [0.15, 0.2) is 0 Å². The molecule has 3 heterocycles. The van der Waals surface area contributed by atoms with Crippen molar-refractivity contribution in [3.63, 3.8) is 0 Å². The summed E-state index contributed by atoms with van der Waals surface area (Å²) in [5.74, 6) is 0. The molecule has 6 aromatic rings. The average Bonchev–Trinajstić information content (AvgIpc) is 3.53. The molecule has 0 saturated carbocycles. The Balaban J connectivity index is 1.54. The smallest absolute Gasteiger partial charge is 0.145 e. The second-order valence-electron chi connectivity index (χ2n) is 8.65. The summed E-state index contributed by atoms with van der Waals surface area (Å²) in [6.07, 6.45) is 7.79. The van der Waals surface area contributed by atoms with Gasteiger partial charge in [0, 0.05) is 29.4 Å².